The van der Waals surface area contributed by atoms with Crippen molar-refractivity contribution in [2.45, 2.75) is 45.8 Å². The van der Waals surface area contributed by atoms with Gasteiger partial charge in [-0.25, -0.2) is 8.78 Å². The highest BCUT2D eigenvalue weighted by molar-refractivity contribution is 5.82. The molecule has 0 bridgehead atoms. The lowest BCUT2D eigenvalue weighted by Crippen LogP contribution is -2.48. The van der Waals surface area contributed by atoms with Crippen LogP contribution in [0, 0.1) is 17.6 Å². The van der Waals surface area contributed by atoms with Gasteiger partial charge in [-0.1, -0.05) is 13.8 Å². The third-order valence-corrected chi connectivity index (χ3v) is 4.52. The van der Waals surface area contributed by atoms with E-state index in [4.69, 9.17) is 4.79 Å². The second-order valence-corrected chi connectivity index (χ2v) is 6.44. The molecule has 1 amide bonds. The molecular formula is C20H29F2N3O3. The van der Waals surface area contributed by atoms with Gasteiger partial charge in [0.05, 0.1) is 0 Å². The Morgan fingerprint density at radius 2 is 1.71 bits per heavy atom. The Morgan fingerprint density at radius 1 is 1.21 bits per heavy atom. The molecule has 2 heterocycles. The SMILES string of the molecule is CC.CC=O.CN1CCC(C(=O)N2N=CCC2(O)c2cc(F)cc(F)c2)CC1. The maximum atomic E-state index is 13.5. The zero-order valence-corrected chi connectivity index (χ0v) is 16.9. The highest BCUT2D eigenvalue weighted by Gasteiger charge is 2.45. The van der Waals surface area contributed by atoms with E-state index in [1.165, 1.54) is 13.1 Å². The third kappa shape index (κ3) is 5.65. The van der Waals surface area contributed by atoms with Crippen molar-refractivity contribution in [1.82, 2.24) is 9.91 Å². The zero-order chi connectivity index (χ0) is 21.3. The van der Waals surface area contributed by atoms with Crippen LogP contribution in [0.2, 0.25) is 0 Å². The van der Waals surface area contributed by atoms with Gasteiger partial charge in [-0.2, -0.15) is 10.1 Å². The minimum absolute atomic E-state index is 0.00576. The van der Waals surface area contributed by atoms with E-state index in [0.29, 0.717) is 12.8 Å². The van der Waals surface area contributed by atoms with E-state index in [-0.39, 0.29) is 23.8 Å². The van der Waals surface area contributed by atoms with Gasteiger partial charge in [0.15, 0.2) is 5.72 Å². The molecule has 0 spiro atoms. The van der Waals surface area contributed by atoms with Gasteiger partial charge in [0.25, 0.3) is 0 Å². The summed E-state index contributed by atoms with van der Waals surface area (Å²) in [4.78, 5) is 23.6. The van der Waals surface area contributed by atoms with Gasteiger partial charge in [0.2, 0.25) is 5.91 Å². The molecule has 3 rings (SSSR count). The molecule has 0 aliphatic carbocycles. The molecule has 2 aliphatic heterocycles. The van der Waals surface area contributed by atoms with Crippen LogP contribution >= 0.6 is 0 Å². The van der Waals surface area contributed by atoms with E-state index in [9.17, 15) is 18.7 Å². The molecule has 1 unspecified atom stereocenters. The predicted octanol–water partition coefficient (Wildman–Crippen LogP) is 2.90. The first kappa shape index (κ1) is 23.8. The number of benzene rings is 1. The molecule has 8 heteroatoms. The number of aliphatic hydroxyl groups is 1. The maximum Gasteiger partial charge on any atom is 0.248 e. The Kier molecular flexibility index (Phi) is 9.34. The Morgan fingerprint density at radius 3 is 2.21 bits per heavy atom. The van der Waals surface area contributed by atoms with E-state index < -0.39 is 17.4 Å². The summed E-state index contributed by atoms with van der Waals surface area (Å²) >= 11 is 0. The van der Waals surface area contributed by atoms with E-state index in [0.717, 1.165) is 42.6 Å². The van der Waals surface area contributed by atoms with Crippen LogP contribution in [-0.2, 0) is 15.3 Å². The fraction of sp³-hybridized carbons (Fsp3) is 0.550. The number of carbonyl (C=O) groups is 2. The van der Waals surface area contributed by atoms with Crippen molar-refractivity contribution in [3.63, 3.8) is 0 Å². The third-order valence-electron chi connectivity index (χ3n) is 4.52. The Hall–Kier alpha value is -2.19. The molecule has 156 valence electrons. The van der Waals surface area contributed by atoms with E-state index in [2.05, 4.69) is 10.0 Å². The highest BCUT2D eigenvalue weighted by atomic mass is 19.1. The summed E-state index contributed by atoms with van der Waals surface area (Å²) in [5.74, 6) is -2.15. The Labute approximate surface area is 164 Å². The number of hydrogen-bond donors (Lipinski definition) is 1. The van der Waals surface area contributed by atoms with Crippen LogP contribution in [0.15, 0.2) is 23.3 Å². The Bertz CT molecular complexity index is 671. The minimum atomic E-state index is -1.83. The summed E-state index contributed by atoms with van der Waals surface area (Å²) < 4.78 is 27.0. The van der Waals surface area contributed by atoms with Crippen molar-refractivity contribution in [1.29, 1.82) is 0 Å². The Balaban J connectivity index is 0.000000717. The number of amides is 1. The van der Waals surface area contributed by atoms with Crippen molar-refractivity contribution in [3.8, 4) is 0 Å². The number of likely N-dealkylation sites (tertiary alicyclic amines) is 1. The van der Waals surface area contributed by atoms with Gasteiger partial charge in [-0.15, -0.1) is 0 Å². The van der Waals surface area contributed by atoms with Crippen LogP contribution in [0.25, 0.3) is 0 Å². The molecule has 1 aromatic carbocycles. The molecule has 2 aliphatic rings. The van der Waals surface area contributed by atoms with E-state index in [1.54, 1.807) is 0 Å². The first-order valence-corrected chi connectivity index (χ1v) is 9.45. The zero-order valence-electron chi connectivity index (χ0n) is 16.9. The molecular weight excluding hydrogens is 368 g/mol. The van der Waals surface area contributed by atoms with Crippen LogP contribution in [0.5, 0.6) is 0 Å². The largest absolute Gasteiger partial charge is 0.365 e. The number of halogens is 2. The van der Waals surface area contributed by atoms with Gasteiger partial charge in [0.1, 0.15) is 17.9 Å². The van der Waals surface area contributed by atoms with Crippen LogP contribution in [0.4, 0.5) is 8.78 Å². The lowest BCUT2D eigenvalue weighted by Gasteiger charge is -2.36. The number of aldehydes is 1. The van der Waals surface area contributed by atoms with Crippen LogP contribution in [-0.4, -0.2) is 53.6 Å². The average molecular weight is 397 g/mol. The molecule has 28 heavy (non-hydrogen) atoms. The molecule has 1 aromatic rings. The topological polar surface area (TPSA) is 73.2 Å². The molecule has 1 atom stereocenters. The summed E-state index contributed by atoms with van der Waals surface area (Å²) in [5.41, 5.74) is -1.84. The smallest absolute Gasteiger partial charge is 0.248 e. The van der Waals surface area contributed by atoms with E-state index in [1.807, 2.05) is 20.9 Å². The number of rotatable bonds is 2. The monoisotopic (exact) mass is 397 g/mol. The summed E-state index contributed by atoms with van der Waals surface area (Å²) in [6.07, 6.45) is 3.51. The molecule has 1 saturated heterocycles. The van der Waals surface area contributed by atoms with Crippen LogP contribution in [0.3, 0.4) is 0 Å². The molecule has 0 radical (unpaired) electrons. The molecule has 1 fully saturated rings. The predicted molar refractivity (Wildman–Crippen MR) is 104 cm³/mol. The lowest BCUT2D eigenvalue weighted by atomic mass is 9.93. The normalized spacial score (nSPS) is 22.0. The van der Waals surface area contributed by atoms with Crippen LogP contribution in [0.1, 0.15) is 45.6 Å². The molecule has 1 N–H and O–H groups in total. The molecule has 0 saturated carbocycles. The lowest BCUT2D eigenvalue weighted by molar-refractivity contribution is -0.163. The summed E-state index contributed by atoms with van der Waals surface area (Å²) in [6.45, 7) is 7.03. The van der Waals surface area contributed by atoms with Crippen molar-refractivity contribution in [3.05, 3.63) is 35.4 Å². The summed E-state index contributed by atoms with van der Waals surface area (Å²) in [7, 11) is 1.99. The molecule has 0 aromatic heterocycles. The maximum absolute atomic E-state index is 13.5. The number of carbonyl (C=O) groups excluding carboxylic acids is 2. The second-order valence-electron chi connectivity index (χ2n) is 6.44. The fourth-order valence-corrected chi connectivity index (χ4v) is 3.12. The first-order valence-electron chi connectivity index (χ1n) is 9.45. The van der Waals surface area contributed by atoms with Crippen molar-refractivity contribution < 1.29 is 23.5 Å². The van der Waals surface area contributed by atoms with Gasteiger partial charge >= 0.3 is 0 Å². The van der Waals surface area contributed by atoms with Gasteiger partial charge in [0, 0.05) is 30.2 Å². The minimum Gasteiger partial charge on any atom is -0.365 e. The molecule has 6 nitrogen and oxygen atoms in total. The number of hydrogen-bond acceptors (Lipinski definition) is 5. The summed E-state index contributed by atoms with van der Waals surface area (Å²) in [6, 6.07) is 2.80. The first-order chi connectivity index (χ1) is 13.3. The fourth-order valence-electron chi connectivity index (χ4n) is 3.12. The summed E-state index contributed by atoms with van der Waals surface area (Å²) in [5, 5.41) is 15.8. The van der Waals surface area contributed by atoms with E-state index >= 15 is 0 Å². The van der Waals surface area contributed by atoms with Crippen LogP contribution < -0.4 is 0 Å². The second kappa shape index (κ2) is 11.0. The van der Waals surface area contributed by atoms with Crippen molar-refractivity contribution in [2.75, 3.05) is 20.1 Å². The quantitative estimate of drug-likeness (QED) is 0.779. The van der Waals surface area contributed by atoms with Gasteiger partial charge < -0.3 is 14.8 Å². The standard InChI is InChI=1S/C16H19F2N3O2.C2H4O.C2H6/c1-20-6-2-11(3-7-20)15(22)21-16(23,4-5-19-21)12-8-13(17)10-14(18)9-12;1-2-3;1-2/h5,8-11,23H,2-4,6-7H2,1H3;2H,1H3;1-2H3. The number of nitrogens with zero attached hydrogens (tertiary/aromatic N) is 3. The van der Waals surface area contributed by atoms with Gasteiger partial charge in [-0.3, -0.25) is 4.79 Å². The van der Waals surface area contributed by atoms with Crippen molar-refractivity contribution >= 4 is 18.4 Å². The van der Waals surface area contributed by atoms with Crippen molar-refractivity contribution in [2.24, 2.45) is 11.0 Å². The highest BCUT2D eigenvalue weighted by Crippen LogP contribution is 2.36. The number of piperidine rings is 1. The average Bonchev–Trinajstić information content (AvgIpc) is 3.06. The van der Waals surface area contributed by atoms with Gasteiger partial charge in [-0.05, 0) is 52.0 Å². The number of hydrazone groups is 1.